The molecule has 51 heavy (non-hydrogen) atoms. The molecule has 14 heteroatoms. The number of piperidine rings is 1. The highest BCUT2D eigenvalue weighted by Gasteiger charge is 2.70. The molecule has 2 unspecified atom stereocenters. The lowest BCUT2D eigenvalue weighted by Gasteiger charge is -2.40. The molecular weight excluding hydrogens is 673 g/mol. The molecule has 284 valence electrons. The van der Waals surface area contributed by atoms with Crippen molar-refractivity contribution < 1.29 is 32.4 Å². The first kappa shape index (κ1) is 40.3. The molecule has 1 saturated heterocycles. The zero-order valence-electron chi connectivity index (χ0n) is 31.6. The molecule has 5 amide bonds. The zero-order valence-corrected chi connectivity index (χ0v) is 32.4. The van der Waals surface area contributed by atoms with Crippen LogP contribution in [0.25, 0.3) is 0 Å². The van der Waals surface area contributed by atoms with E-state index in [9.17, 15) is 32.4 Å². The second kappa shape index (κ2) is 14.8. The number of likely N-dealkylation sites (tertiary alicyclic amines) is 1. The number of ketones is 1. The van der Waals surface area contributed by atoms with Gasteiger partial charge in [-0.1, -0.05) is 85.9 Å². The standard InChI is InChI=1S/C37H58N6O7S/c1-22(2)19-37(8,21-42(9)51(49,50)24-16-11-10-12-17-24)41-34(48)40-30(35(3,4)5)33(47)43-20-25-27(36(25,6)7)28(43)32(46)39-26(29(44)31(38)45)18-23-14-13-15-23/h10-12,16-17,22-23,25-28,30H,13-15,18-21H2,1-9H3,(H2,38,45)(H,39,46)(H2,40,41,48)/t25-,26?,27?,28-,30+,37-/m0/s1. The third-order valence-corrected chi connectivity index (χ3v) is 12.9. The van der Waals surface area contributed by atoms with Gasteiger partial charge in [0, 0.05) is 20.1 Å². The van der Waals surface area contributed by atoms with Crippen LogP contribution in [0, 0.1) is 34.5 Å². The van der Waals surface area contributed by atoms with Crippen LogP contribution in [0.15, 0.2) is 35.2 Å². The fourth-order valence-corrected chi connectivity index (χ4v) is 9.51. The van der Waals surface area contributed by atoms with E-state index >= 15 is 0 Å². The summed E-state index contributed by atoms with van der Waals surface area (Å²) in [6, 6.07) is 4.41. The molecule has 1 aromatic rings. The number of primary amides is 1. The minimum Gasteiger partial charge on any atom is -0.363 e. The van der Waals surface area contributed by atoms with Crippen molar-refractivity contribution in [2.45, 2.75) is 116 Å². The van der Waals surface area contributed by atoms with E-state index in [4.69, 9.17) is 5.73 Å². The maximum absolute atomic E-state index is 14.5. The predicted molar refractivity (Wildman–Crippen MR) is 193 cm³/mol. The molecule has 5 N–H and O–H groups in total. The van der Waals surface area contributed by atoms with Gasteiger partial charge in [-0.2, -0.15) is 4.31 Å². The maximum atomic E-state index is 14.5. The number of carbonyl (C=O) groups is 5. The summed E-state index contributed by atoms with van der Waals surface area (Å²) in [6.45, 7) is 15.6. The maximum Gasteiger partial charge on any atom is 0.315 e. The van der Waals surface area contributed by atoms with Gasteiger partial charge < -0.3 is 26.6 Å². The molecule has 3 fully saturated rings. The number of fused-ring (bicyclic) bond motifs is 1. The monoisotopic (exact) mass is 730 g/mol. The van der Waals surface area contributed by atoms with Gasteiger partial charge in [-0.15, -0.1) is 0 Å². The van der Waals surface area contributed by atoms with Crippen LogP contribution in [-0.4, -0.2) is 91.0 Å². The van der Waals surface area contributed by atoms with Crippen molar-refractivity contribution in [1.29, 1.82) is 0 Å². The third kappa shape index (κ3) is 8.93. The molecular formula is C37H58N6O7S. The van der Waals surface area contributed by atoms with Crippen molar-refractivity contribution in [2.75, 3.05) is 20.1 Å². The summed E-state index contributed by atoms with van der Waals surface area (Å²) in [4.78, 5) is 68.6. The Labute approximate surface area is 303 Å². The molecule has 3 aliphatic rings. The molecule has 2 saturated carbocycles. The molecule has 0 bridgehead atoms. The van der Waals surface area contributed by atoms with Crippen molar-refractivity contribution >= 4 is 39.6 Å². The second-order valence-electron chi connectivity index (χ2n) is 17.3. The highest BCUT2D eigenvalue weighted by atomic mass is 32.2. The molecule has 1 heterocycles. The van der Waals surface area contributed by atoms with Crippen molar-refractivity contribution in [3.8, 4) is 0 Å². The van der Waals surface area contributed by atoms with E-state index in [-0.39, 0.29) is 40.5 Å². The van der Waals surface area contributed by atoms with E-state index in [1.165, 1.54) is 28.4 Å². The Morgan fingerprint density at radius 1 is 1.02 bits per heavy atom. The minimum absolute atomic E-state index is 0.0250. The fourth-order valence-electron chi connectivity index (χ4n) is 8.20. The van der Waals surface area contributed by atoms with Gasteiger partial charge in [0.15, 0.2) is 0 Å². The molecule has 1 aliphatic heterocycles. The number of Topliss-reactive ketones (excluding diaryl/α,β-unsaturated/α-hetero) is 1. The number of urea groups is 1. The first-order valence-electron chi connectivity index (χ1n) is 18.0. The van der Waals surface area contributed by atoms with Crippen LogP contribution in [0.4, 0.5) is 4.79 Å². The third-order valence-electron chi connectivity index (χ3n) is 11.1. The summed E-state index contributed by atoms with van der Waals surface area (Å²) >= 11 is 0. The summed E-state index contributed by atoms with van der Waals surface area (Å²) in [6.07, 6.45) is 3.59. The number of nitrogens with two attached hydrogens (primary N) is 1. The first-order chi connectivity index (χ1) is 23.5. The number of likely N-dealkylation sites (N-methyl/N-ethyl adjacent to an activating group) is 1. The largest absolute Gasteiger partial charge is 0.363 e. The number of nitrogens with zero attached hydrogens (tertiary/aromatic N) is 2. The smallest absolute Gasteiger partial charge is 0.315 e. The second-order valence-corrected chi connectivity index (χ2v) is 19.4. The first-order valence-corrected chi connectivity index (χ1v) is 19.5. The van der Waals surface area contributed by atoms with E-state index in [2.05, 4.69) is 16.0 Å². The van der Waals surface area contributed by atoms with E-state index < -0.39 is 68.6 Å². The molecule has 0 aromatic heterocycles. The van der Waals surface area contributed by atoms with Gasteiger partial charge in [-0.3, -0.25) is 19.2 Å². The number of hydrogen-bond donors (Lipinski definition) is 4. The SMILES string of the molecule is CC(C)C[C@@](C)(CN(C)S(=O)(=O)c1ccccc1)NC(=O)N[C@H](C(=O)N1C[C@H]2C([C@H]1C(=O)NC(CC1CCC1)C(=O)C(N)=O)C2(C)C)C(C)(C)C. The van der Waals surface area contributed by atoms with E-state index in [1.54, 1.807) is 25.1 Å². The Hall–Kier alpha value is -3.52. The number of rotatable bonds is 15. The summed E-state index contributed by atoms with van der Waals surface area (Å²) in [5.74, 6) is -2.73. The molecule has 0 radical (unpaired) electrons. The van der Waals surface area contributed by atoms with E-state index in [0.29, 0.717) is 19.4 Å². The predicted octanol–water partition coefficient (Wildman–Crippen LogP) is 3.04. The lowest BCUT2D eigenvalue weighted by atomic mass is 9.80. The van der Waals surface area contributed by atoms with Gasteiger partial charge in [-0.05, 0) is 66.4 Å². The number of benzene rings is 1. The van der Waals surface area contributed by atoms with Crippen LogP contribution < -0.4 is 21.7 Å². The highest BCUT2D eigenvalue weighted by molar-refractivity contribution is 7.89. The molecule has 13 nitrogen and oxygen atoms in total. The average molecular weight is 731 g/mol. The van der Waals surface area contributed by atoms with Crippen molar-refractivity contribution in [1.82, 2.24) is 25.2 Å². The zero-order chi connectivity index (χ0) is 38.3. The van der Waals surface area contributed by atoms with Gasteiger partial charge in [0.05, 0.1) is 16.5 Å². The van der Waals surface area contributed by atoms with Crippen molar-refractivity contribution in [3.05, 3.63) is 30.3 Å². The summed E-state index contributed by atoms with van der Waals surface area (Å²) in [5, 5.41) is 8.65. The summed E-state index contributed by atoms with van der Waals surface area (Å²) in [7, 11) is -2.37. The van der Waals surface area contributed by atoms with Gasteiger partial charge in [0.2, 0.25) is 27.6 Å². The van der Waals surface area contributed by atoms with Crippen LogP contribution in [0.2, 0.25) is 0 Å². The van der Waals surface area contributed by atoms with Gasteiger partial charge in [0.1, 0.15) is 12.1 Å². The van der Waals surface area contributed by atoms with E-state index in [0.717, 1.165) is 19.3 Å². The van der Waals surface area contributed by atoms with Gasteiger partial charge in [0.25, 0.3) is 5.91 Å². The average Bonchev–Trinajstić information content (AvgIpc) is 3.30. The van der Waals surface area contributed by atoms with Crippen LogP contribution in [-0.2, 0) is 29.2 Å². The molecule has 1 aromatic carbocycles. The Kier molecular flexibility index (Phi) is 11.7. The Balaban J connectivity index is 1.54. The summed E-state index contributed by atoms with van der Waals surface area (Å²) < 4.78 is 28.0. The number of carbonyl (C=O) groups excluding carboxylic acids is 5. The van der Waals surface area contributed by atoms with Crippen LogP contribution in [0.5, 0.6) is 0 Å². The van der Waals surface area contributed by atoms with E-state index in [1.807, 2.05) is 48.5 Å². The van der Waals surface area contributed by atoms with Gasteiger partial charge in [-0.25, -0.2) is 13.2 Å². The number of sulfonamides is 1. The normalized spacial score (nSPS) is 23.7. The highest BCUT2D eigenvalue weighted by Crippen LogP contribution is 2.65. The summed E-state index contributed by atoms with van der Waals surface area (Å²) in [5.41, 5.74) is 3.34. The Morgan fingerprint density at radius 2 is 1.63 bits per heavy atom. The molecule has 0 spiro atoms. The van der Waals surface area contributed by atoms with Gasteiger partial charge >= 0.3 is 6.03 Å². The Morgan fingerprint density at radius 3 is 2.14 bits per heavy atom. The van der Waals surface area contributed by atoms with Crippen LogP contribution >= 0.6 is 0 Å². The fraction of sp³-hybridized carbons (Fsp3) is 0.703. The lowest BCUT2D eigenvalue weighted by Crippen LogP contribution is -2.63. The number of hydrogen-bond acceptors (Lipinski definition) is 7. The van der Waals surface area contributed by atoms with Crippen molar-refractivity contribution in [3.63, 3.8) is 0 Å². The molecule has 2 aliphatic carbocycles. The molecule has 4 rings (SSSR count). The minimum atomic E-state index is -3.85. The topological polar surface area (TPSA) is 188 Å². The Bertz CT molecular complexity index is 1600. The number of amides is 5. The lowest BCUT2D eigenvalue weighted by molar-refractivity contribution is -0.145. The number of nitrogens with one attached hydrogen (secondary N) is 3. The van der Waals surface area contributed by atoms with Crippen LogP contribution in [0.3, 0.4) is 0 Å². The van der Waals surface area contributed by atoms with Crippen LogP contribution in [0.1, 0.15) is 87.5 Å². The molecule has 6 atom stereocenters. The quantitative estimate of drug-likeness (QED) is 0.200. The van der Waals surface area contributed by atoms with Crippen molar-refractivity contribution in [2.24, 2.45) is 40.2 Å².